The Morgan fingerprint density at radius 2 is 2.12 bits per heavy atom. The van der Waals surface area contributed by atoms with E-state index in [4.69, 9.17) is 4.74 Å². The second-order valence-corrected chi connectivity index (χ2v) is 4.98. The Bertz CT molecular complexity index is 191. The van der Waals surface area contributed by atoms with Crippen LogP contribution in [0.3, 0.4) is 0 Å². The monoisotopic (exact) mass is 230 g/mol. The highest BCUT2D eigenvalue weighted by Gasteiger charge is 2.30. The first-order valence-corrected chi connectivity index (χ1v) is 6.18. The molecule has 0 aromatic heterocycles. The van der Waals surface area contributed by atoms with Crippen LogP contribution in [0.5, 0.6) is 0 Å². The van der Waals surface area contributed by atoms with Crippen LogP contribution >= 0.6 is 0 Å². The first-order chi connectivity index (χ1) is 7.65. The molecule has 0 amide bonds. The van der Waals surface area contributed by atoms with Crippen molar-refractivity contribution < 1.29 is 9.84 Å². The maximum Gasteiger partial charge on any atom is 0.0610 e. The number of aliphatic hydroxyl groups is 1. The molecule has 0 aromatic carbocycles. The fraction of sp³-hybridized carbons (Fsp3) is 1.00. The summed E-state index contributed by atoms with van der Waals surface area (Å²) in [6, 6.07) is 0.759. The van der Waals surface area contributed by atoms with Crippen molar-refractivity contribution in [3.63, 3.8) is 0 Å². The lowest BCUT2D eigenvalue weighted by Gasteiger charge is -2.30. The molecule has 0 aromatic rings. The maximum atomic E-state index is 9.32. The molecule has 0 heterocycles. The Hall–Kier alpha value is -0.160. The summed E-state index contributed by atoms with van der Waals surface area (Å²) in [5, 5.41) is 12.5. The van der Waals surface area contributed by atoms with Gasteiger partial charge in [0.05, 0.1) is 13.2 Å². The van der Waals surface area contributed by atoms with E-state index in [1.165, 1.54) is 12.8 Å². The van der Waals surface area contributed by atoms with Crippen LogP contribution in [0.4, 0.5) is 0 Å². The minimum absolute atomic E-state index is 0.153. The molecule has 0 radical (unpaired) electrons. The number of aliphatic hydroxyl groups excluding tert-OH is 1. The van der Waals surface area contributed by atoms with Crippen LogP contribution in [0.1, 0.15) is 26.2 Å². The highest BCUT2D eigenvalue weighted by molar-refractivity contribution is 4.88. The summed E-state index contributed by atoms with van der Waals surface area (Å²) in [5.74, 6) is 0. The normalized spacial score (nSPS) is 20.1. The molecule has 0 saturated heterocycles. The standard InChI is InChI=1S/C12H26N2O2/c1-12(10-15,13-2)6-7-14(8-9-16-3)11-4-5-11/h11,13,15H,4-10H2,1-3H3. The van der Waals surface area contributed by atoms with Crippen molar-refractivity contribution in [2.75, 3.05) is 40.5 Å². The van der Waals surface area contributed by atoms with E-state index in [9.17, 15) is 5.11 Å². The van der Waals surface area contributed by atoms with E-state index in [-0.39, 0.29) is 12.1 Å². The molecule has 16 heavy (non-hydrogen) atoms. The van der Waals surface area contributed by atoms with Gasteiger partial charge in [-0.05, 0) is 33.2 Å². The smallest absolute Gasteiger partial charge is 0.0610 e. The zero-order chi connectivity index (χ0) is 12.0. The first-order valence-electron chi connectivity index (χ1n) is 6.18. The molecular weight excluding hydrogens is 204 g/mol. The molecule has 1 saturated carbocycles. The Labute approximate surface area is 99.0 Å². The Kier molecular flexibility index (Phi) is 5.69. The van der Waals surface area contributed by atoms with E-state index >= 15 is 0 Å². The molecular formula is C12H26N2O2. The Morgan fingerprint density at radius 3 is 2.56 bits per heavy atom. The lowest BCUT2D eigenvalue weighted by atomic mass is 9.99. The Balaban J connectivity index is 2.31. The van der Waals surface area contributed by atoms with Crippen molar-refractivity contribution in [2.45, 2.75) is 37.8 Å². The van der Waals surface area contributed by atoms with Gasteiger partial charge in [-0.15, -0.1) is 0 Å². The third-order valence-electron chi connectivity index (χ3n) is 3.55. The molecule has 4 nitrogen and oxygen atoms in total. The topological polar surface area (TPSA) is 44.7 Å². The third kappa shape index (κ3) is 4.37. The largest absolute Gasteiger partial charge is 0.394 e. The Morgan fingerprint density at radius 1 is 1.44 bits per heavy atom. The third-order valence-corrected chi connectivity index (χ3v) is 3.55. The number of nitrogens with one attached hydrogen (secondary N) is 1. The van der Waals surface area contributed by atoms with Crippen molar-refractivity contribution >= 4 is 0 Å². The van der Waals surface area contributed by atoms with Crippen LogP contribution < -0.4 is 5.32 Å². The molecule has 0 aliphatic heterocycles. The van der Waals surface area contributed by atoms with Crippen molar-refractivity contribution in [2.24, 2.45) is 0 Å². The average molecular weight is 230 g/mol. The van der Waals surface area contributed by atoms with Gasteiger partial charge in [-0.2, -0.15) is 0 Å². The van der Waals surface area contributed by atoms with Crippen molar-refractivity contribution in [1.29, 1.82) is 0 Å². The van der Waals surface area contributed by atoms with Gasteiger partial charge in [-0.3, -0.25) is 4.90 Å². The summed E-state index contributed by atoms with van der Waals surface area (Å²) in [4.78, 5) is 2.48. The molecule has 4 heteroatoms. The molecule has 2 N–H and O–H groups in total. The van der Waals surface area contributed by atoms with Gasteiger partial charge in [0.1, 0.15) is 0 Å². The summed E-state index contributed by atoms with van der Waals surface area (Å²) in [6.07, 6.45) is 3.61. The zero-order valence-electron chi connectivity index (χ0n) is 10.8. The van der Waals surface area contributed by atoms with E-state index in [0.29, 0.717) is 0 Å². The number of likely N-dealkylation sites (N-methyl/N-ethyl adjacent to an activating group) is 1. The lowest BCUT2D eigenvalue weighted by Crippen LogP contribution is -2.46. The van der Waals surface area contributed by atoms with E-state index in [1.54, 1.807) is 7.11 Å². The molecule has 0 spiro atoms. The number of ether oxygens (including phenoxy) is 1. The second-order valence-electron chi connectivity index (χ2n) is 4.98. The van der Waals surface area contributed by atoms with E-state index in [1.807, 2.05) is 7.05 Å². The van der Waals surface area contributed by atoms with E-state index in [2.05, 4.69) is 17.1 Å². The summed E-state index contributed by atoms with van der Waals surface area (Å²) < 4.78 is 5.13. The zero-order valence-corrected chi connectivity index (χ0v) is 10.8. The summed E-state index contributed by atoms with van der Waals surface area (Å²) in [7, 11) is 3.66. The van der Waals surface area contributed by atoms with Crippen LogP contribution in [-0.2, 0) is 4.74 Å². The molecule has 1 aliphatic rings. The predicted octanol–water partition coefficient (Wildman–Crippen LogP) is 0.458. The number of hydrogen-bond donors (Lipinski definition) is 2. The second kappa shape index (κ2) is 6.55. The fourth-order valence-electron chi connectivity index (χ4n) is 1.80. The number of hydrogen-bond acceptors (Lipinski definition) is 4. The highest BCUT2D eigenvalue weighted by Crippen LogP contribution is 2.27. The first kappa shape index (κ1) is 13.9. The van der Waals surface area contributed by atoms with Gasteiger partial charge in [-0.1, -0.05) is 0 Å². The van der Waals surface area contributed by atoms with Gasteiger partial charge in [-0.25, -0.2) is 0 Å². The number of methoxy groups -OCH3 is 1. The van der Waals surface area contributed by atoms with Crippen LogP contribution in [0.2, 0.25) is 0 Å². The molecule has 1 atom stereocenters. The van der Waals surface area contributed by atoms with Crippen molar-refractivity contribution in [1.82, 2.24) is 10.2 Å². The lowest BCUT2D eigenvalue weighted by molar-refractivity contribution is 0.120. The van der Waals surface area contributed by atoms with Crippen LogP contribution in [0.25, 0.3) is 0 Å². The van der Waals surface area contributed by atoms with Gasteiger partial charge in [0.15, 0.2) is 0 Å². The van der Waals surface area contributed by atoms with Gasteiger partial charge in [0, 0.05) is 31.8 Å². The van der Waals surface area contributed by atoms with Gasteiger partial charge >= 0.3 is 0 Å². The fourth-order valence-corrected chi connectivity index (χ4v) is 1.80. The summed E-state index contributed by atoms with van der Waals surface area (Å²) in [5.41, 5.74) is -0.153. The van der Waals surface area contributed by atoms with Crippen LogP contribution in [0.15, 0.2) is 0 Å². The maximum absolute atomic E-state index is 9.32. The van der Waals surface area contributed by atoms with Crippen molar-refractivity contribution in [3.05, 3.63) is 0 Å². The number of nitrogens with zero attached hydrogens (tertiary/aromatic N) is 1. The SMILES string of the molecule is CNC(C)(CO)CCN(CCOC)C1CC1. The van der Waals surface area contributed by atoms with Gasteiger partial charge in [0.25, 0.3) is 0 Å². The molecule has 96 valence electrons. The molecule has 1 fully saturated rings. The minimum Gasteiger partial charge on any atom is -0.394 e. The molecule has 1 rings (SSSR count). The predicted molar refractivity (Wildman–Crippen MR) is 65.6 cm³/mol. The summed E-state index contributed by atoms with van der Waals surface area (Å²) >= 11 is 0. The van der Waals surface area contributed by atoms with E-state index < -0.39 is 0 Å². The molecule has 0 bridgehead atoms. The van der Waals surface area contributed by atoms with Gasteiger partial charge < -0.3 is 15.2 Å². The van der Waals surface area contributed by atoms with Crippen LogP contribution in [-0.4, -0.2) is 62.0 Å². The molecule has 1 unspecified atom stereocenters. The summed E-state index contributed by atoms with van der Waals surface area (Å²) in [6.45, 7) is 5.09. The number of rotatable bonds is 9. The van der Waals surface area contributed by atoms with Crippen molar-refractivity contribution in [3.8, 4) is 0 Å². The average Bonchev–Trinajstić information content (AvgIpc) is 3.13. The highest BCUT2D eigenvalue weighted by atomic mass is 16.5. The van der Waals surface area contributed by atoms with Crippen LogP contribution in [0, 0.1) is 0 Å². The quantitative estimate of drug-likeness (QED) is 0.604. The minimum atomic E-state index is -0.153. The molecule has 1 aliphatic carbocycles. The van der Waals surface area contributed by atoms with E-state index in [0.717, 1.165) is 32.2 Å². The van der Waals surface area contributed by atoms with Gasteiger partial charge in [0.2, 0.25) is 0 Å².